The normalized spacial score (nSPS) is 10.7. The molecule has 0 saturated carbocycles. The van der Waals surface area contributed by atoms with Crippen molar-refractivity contribution < 1.29 is 5.11 Å². The first-order valence-electron chi connectivity index (χ1n) is 4.58. The summed E-state index contributed by atoms with van der Waals surface area (Å²) in [6.07, 6.45) is 5.15. The molecular weight excluding hydrogens is 188 g/mol. The van der Waals surface area contributed by atoms with E-state index < -0.39 is 0 Å². The van der Waals surface area contributed by atoms with Gasteiger partial charge in [-0.05, 0) is 18.2 Å². The maximum absolute atomic E-state index is 9.22. The van der Waals surface area contributed by atoms with Crippen molar-refractivity contribution >= 4 is 11.9 Å². The van der Waals surface area contributed by atoms with Gasteiger partial charge in [-0.2, -0.15) is 0 Å². The molecule has 1 aromatic heterocycles. The molecule has 0 aliphatic carbocycles. The van der Waals surface area contributed by atoms with Crippen LogP contribution in [0.15, 0.2) is 53.8 Å². The monoisotopic (exact) mass is 198 g/mol. The maximum Gasteiger partial charge on any atom is 0.117 e. The number of aliphatic imine (C=N–C) groups is 1. The molecule has 0 bridgehead atoms. The molecule has 2 rings (SSSR count). The average molecular weight is 198 g/mol. The van der Waals surface area contributed by atoms with Crippen LogP contribution in [0.1, 0.15) is 5.56 Å². The predicted octanol–water partition coefficient (Wildman–Crippen LogP) is 2.54. The van der Waals surface area contributed by atoms with Crippen LogP contribution in [0.25, 0.3) is 0 Å². The summed E-state index contributed by atoms with van der Waals surface area (Å²) >= 11 is 0. The highest BCUT2D eigenvalue weighted by Gasteiger charge is 1.90. The van der Waals surface area contributed by atoms with E-state index in [1.54, 1.807) is 36.8 Å². The van der Waals surface area contributed by atoms with Crippen LogP contribution >= 0.6 is 0 Å². The standard InChI is InChI=1S/C12H10N2O/c15-12-5-1-4-11(7-12)14-9-10-3-2-6-13-8-10/h1-9,15H. The van der Waals surface area contributed by atoms with Gasteiger partial charge in [0.1, 0.15) is 5.75 Å². The third kappa shape index (κ3) is 2.64. The summed E-state index contributed by atoms with van der Waals surface area (Å²) in [5.74, 6) is 0.218. The van der Waals surface area contributed by atoms with E-state index in [1.165, 1.54) is 0 Å². The molecule has 0 fully saturated rings. The molecule has 0 saturated heterocycles. The summed E-state index contributed by atoms with van der Waals surface area (Å²) in [4.78, 5) is 8.19. The van der Waals surface area contributed by atoms with E-state index in [9.17, 15) is 5.11 Å². The van der Waals surface area contributed by atoms with Crippen LogP contribution in [-0.4, -0.2) is 16.3 Å². The quantitative estimate of drug-likeness (QED) is 0.753. The topological polar surface area (TPSA) is 45.5 Å². The Morgan fingerprint density at radius 2 is 2.13 bits per heavy atom. The molecule has 0 aliphatic heterocycles. The van der Waals surface area contributed by atoms with Gasteiger partial charge in [-0.15, -0.1) is 0 Å². The van der Waals surface area contributed by atoms with E-state index in [4.69, 9.17) is 0 Å². The third-order valence-corrected chi connectivity index (χ3v) is 1.88. The molecule has 0 aliphatic rings. The largest absolute Gasteiger partial charge is 0.508 e. The van der Waals surface area contributed by atoms with E-state index in [1.807, 2.05) is 18.2 Å². The zero-order valence-electron chi connectivity index (χ0n) is 8.04. The molecular formula is C12H10N2O. The second kappa shape index (κ2) is 4.37. The van der Waals surface area contributed by atoms with Gasteiger partial charge in [0.2, 0.25) is 0 Å². The Balaban J connectivity index is 2.19. The lowest BCUT2D eigenvalue weighted by Crippen LogP contribution is -1.80. The van der Waals surface area contributed by atoms with Crippen LogP contribution in [0.4, 0.5) is 5.69 Å². The fraction of sp³-hybridized carbons (Fsp3) is 0. The fourth-order valence-electron chi connectivity index (χ4n) is 1.17. The number of aromatic hydroxyl groups is 1. The van der Waals surface area contributed by atoms with Gasteiger partial charge in [-0.1, -0.05) is 12.1 Å². The first-order chi connectivity index (χ1) is 7.34. The van der Waals surface area contributed by atoms with Crippen molar-refractivity contribution in [1.29, 1.82) is 0 Å². The minimum atomic E-state index is 0.218. The maximum atomic E-state index is 9.22. The van der Waals surface area contributed by atoms with Gasteiger partial charge in [-0.3, -0.25) is 9.98 Å². The van der Waals surface area contributed by atoms with Crippen LogP contribution < -0.4 is 0 Å². The van der Waals surface area contributed by atoms with Crippen molar-refractivity contribution in [3.8, 4) is 5.75 Å². The lowest BCUT2D eigenvalue weighted by Gasteiger charge is -1.94. The Kier molecular flexibility index (Phi) is 2.74. The van der Waals surface area contributed by atoms with Crippen LogP contribution in [0.2, 0.25) is 0 Å². The number of pyridine rings is 1. The summed E-state index contributed by atoms with van der Waals surface area (Å²) < 4.78 is 0. The molecule has 1 N–H and O–H groups in total. The number of phenols is 1. The molecule has 74 valence electrons. The number of aromatic nitrogens is 1. The molecule has 0 radical (unpaired) electrons. The van der Waals surface area contributed by atoms with Gasteiger partial charge < -0.3 is 5.11 Å². The second-order valence-electron chi connectivity index (χ2n) is 3.06. The van der Waals surface area contributed by atoms with Gasteiger partial charge in [0, 0.05) is 30.2 Å². The van der Waals surface area contributed by atoms with Crippen molar-refractivity contribution in [2.75, 3.05) is 0 Å². The van der Waals surface area contributed by atoms with Crippen LogP contribution in [-0.2, 0) is 0 Å². The third-order valence-electron chi connectivity index (χ3n) is 1.88. The SMILES string of the molecule is Oc1cccc(N=Cc2cccnc2)c1. The van der Waals surface area contributed by atoms with Gasteiger partial charge in [0.15, 0.2) is 0 Å². The Bertz CT molecular complexity index is 466. The Labute approximate surface area is 87.8 Å². The number of nitrogens with zero attached hydrogens (tertiary/aromatic N) is 2. The Morgan fingerprint density at radius 3 is 2.87 bits per heavy atom. The van der Waals surface area contributed by atoms with Crippen LogP contribution in [0, 0.1) is 0 Å². The van der Waals surface area contributed by atoms with Crippen LogP contribution in [0.5, 0.6) is 5.75 Å². The zero-order chi connectivity index (χ0) is 10.5. The van der Waals surface area contributed by atoms with Crippen molar-refractivity contribution in [2.24, 2.45) is 4.99 Å². The lowest BCUT2D eigenvalue weighted by atomic mass is 10.3. The number of benzene rings is 1. The lowest BCUT2D eigenvalue weighted by molar-refractivity contribution is 0.475. The summed E-state index contributed by atoms with van der Waals surface area (Å²) in [5, 5.41) is 9.22. The molecule has 0 spiro atoms. The highest BCUT2D eigenvalue weighted by atomic mass is 16.3. The highest BCUT2D eigenvalue weighted by molar-refractivity contribution is 5.81. The first-order valence-corrected chi connectivity index (χ1v) is 4.58. The van der Waals surface area contributed by atoms with Gasteiger partial charge in [0.05, 0.1) is 5.69 Å². The molecule has 3 nitrogen and oxygen atoms in total. The average Bonchev–Trinajstić information content (AvgIpc) is 2.28. The summed E-state index contributed by atoms with van der Waals surface area (Å²) in [7, 11) is 0. The molecule has 2 aromatic rings. The van der Waals surface area contributed by atoms with Crippen molar-refractivity contribution in [3.63, 3.8) is 0 Å². The second-order valence-corrected chi connectivity index (χ2v) is 3.06. The number of hydrogen-bond acceptors (Lipinski definition) is 3. The van der Waals surface area contributed by atoms with E-state index in [-0.39, 0.29) is 5.75 Å². The summed E-state index contributed by atoms with van der Waals surface area (Å²) in [6.45, 7) is 0. The predicted molar refractivity (Wildman–Crippen MR) is 59.6 cm³/mol. The van der Waals surface area contributed by atoms with Gasteiger partial charge in [-0.25, -0.2) is 0 Å². The van der Waals surface area contributed by atoms with E-state index >= 15 is 0 Å². The minimum Gasteiger partial charge on any atom is -0.508 e. The van der Waals surface area contributed by atoms with E-state index in [2.05, 4.69) is 9.98 Å². The highest BCUT2D eigenvalue weighted by Crippen LogP contribution is 2.17. The molecule has 0 unspecified atom stereocenters. The Morgan fingerprint density at radius 1 is 1.20 bits per heavy atom. The van der Waals surface area contributed by atoms with Crippen molar-refractivity contribution in [2.45, 2.75) is 0 Å². The van der Waals surface area contributed by atoms with E-state index in [0.717, 1.165) is 11.3 Å². The van der Waals surface area contributed by atoms with Crippen LogP contribution in [0.3, 0.4) is 0 Å². The summed E-state index contributed by atoms with van der Waals surface area (Å²) in [5.41, 5.74) is 1.65. The molecule has 15 heavy (non-hydrogen) atoms. The molecule has 1 aromatic carbocycles. The number of hydrogen-bond donors (Lipinski definition) is 1. The van der Waals surface area contributed by atoms with Crippen molar-refractivity contribution in [3.05, 3.63) is 54.4 Å². The minimum absolute atomic E-state index is 0.218. The Hall–Kier alpha value is -2.16. The van der Waals surface area contributed by atoms with E-state index in [0.29, 0.717) is 0 Å². The first kappa shape index (κ1) is 9.40. The van der Waals surface area contributed by atoms with Gasteiger partial charge in [0.25, 0.3) is 0 Å². The zero-order valence-corrected chi connectivity index (χ0v) is 8.04. The molecule has 0 atom stereocenters. The number of rotatable bonds is 2. The fourth-order valence-corrected chi connectivity index (χ4v) is 1.17. The number of phenolic OH excluding ortho intramolecular Hbond substituents is 1. The summed E-state index contributed by atoms with van der Waals surface area (Å²) in [6, 6.07) is 10.6. The van der Waals surface area contributed by atoms with Gasteiger partial charge >= 0.3 is 0 Å². The molecule has 1 heterocycles. The van der Waals surface area contributed by atoms with Crippen molar-refractivity contribution in [1.82, 2.24) is 4.98 Å². The molecule has 0 amide bonds. The smallest absolute Gasteiger partial charge is 0.117 e. The molecule has 3 heteroatoms.